The fourth-order valence-electron chi connectivity index (χ4n) is 2.19. The van der Waals surface area contributed by atoms with Crippen molar-refractivity contribution in [2.45, 2.75) is 20.4 Å². The molecule has 1 aliphatic heterocycles. The quantitative estimate of drug-likeness (QED) is 0.839. The average Bonchev–Trinajstić information content (AvgIpc) is 2.56. The van der Waals surface area contributed by atoms with Crippen LogP contribution in [0.25, 0.3) is 0 Å². The van der Waals surface area contributed by atoms with E-state index in [2.05, 4.69) is 4.90 Å². The van der Waals surface area contributed by atoms with Gasteiger partial charge in [0.1, 0.15) is 0 Å². The van der Waals surface area contributed by atoms with Gasteiger partial charge in [-0.05, 0) is 23.6 Å². The van der Waals surface area contributed by atoms with E-state index < -0.39 is 0 Å². The van der Waals surface area contributed by atoms with Gasteiger partial charge in [-0.25, -0.2) is 4.79 Å². The lowest BCUT2D eigenvalue weighted by atomic mass is 10.1. The van der Waals surface area contributed by atoms with E-state index in [4.69, 9.17) is 16.3 Å². The zero-order valence-electron chi connectivity index (χ0n) is 12.2. The summed E-state index contributed by atoms with van der Waals surface area (Å²) < 4.78 is 5.31. The van der Waals surface area contributed by atoms with Gasteiger partial charge in [0.25, 0.3) is 0 Å². The molecule has 1 aromatic rings. The van der Waals surface area contributed by atoms with Crippen molar-refractivity contribution < 1.29 is 9.53 Å². The summed E-state index contributed by atoms with van der Waals surface area (Å²) in [6.45, 7) is 6.50. The zero-order chi connectivity index (χ0) is 14.7. The molecule has 1 aromatic carbocycles. The second kappa shape index (κ2) is 6.35. The molecule has 0 spiro atoms. The first-order valence-electron chi connectivity index (χ1n) is 6.88. The highest BCUT2D eigenvalue weighted by molar-refractivity contribution is 6.30. The Kier molecular flexibility index (Phi) is 4.76. The van der Waals surface area contributed by atoms with Gasteiger partial charge in [-0.3, -0.25) is 0 Å². The van der Waals surface area contributed by atoms with Crippen LogP contribution in [0.15, 0.2) is 18.2 Å². The first-order chi connectivity index (χ1) is 9.47. The van der Waals surface area contributed by atoms with Gasteiger partial charge in [0.05, 0.1) is 13.2 Å². The average molecular weight is 297 g/mol. The van der Waals surface area contributed by atoms with E-state index in [-0.39, 0.29) is 6.09 Å². The number of nitrogens with zero attached hydrogens (tertiary/aromatic N) is 2. The molecule has 20 heavy (non-hydrogen) atoms. The summed E-state index contributed by atoms with van der Waals surface area (Å²) in [6, 6.07) is 5.78. The van der Waals surface area contributed by atoms with Gasteiger partial charge >= 0.3 is 6.09 Å². The fraction of sp³-hybridized carbons (Fsp3) is 0.533. The lowest BCUT2D eigenvalue weighted by Gasteiger charge is -2.21. The molecule has 110 valence electrons. The summed E-state index contributed by atoms with van der Waals surface area (Å²) in [4.78, 5) is 16.0. The molecule has 0 aromatic heterocycles. The third kappa shape index (κ3) is 3.57. The van der Waals surface area contributed by atoms with Gasteiger partial charge in [0.15, 0.2) is 0 Å². The second-order valence-electron chi connectivity index (χ2n) is 5.59. The molecule has 0 bridgehead atoms. The molecule has 1 aliphatic rings. The van der Waals surface area contributed by atoms with Crippen molar-refractivity contribution in [1.82, 2.24) is 4.90 Å². The molecule has 2 rings (SSSR count). The van der Waals surface area contributed by atoms with Crippen molar-refractivity contribution >= 4 is 23.4 Å². The molecule has 0 atom stereocenters. The normalized spacial score (nSPS) is 15.1. The molecule has 0 saturated heterocycles. The van der Waals surface area contributed by atoms with Crippen LogP contribution in [0.5, 0.6) is 0 Å². The minimum Gasteiger partial charge on any atom is -0.449 e. The Balaban J connectivity index is 2.12. The number of amides is 1. The summed E-state index contributed by atoms with van der Waals surface area (Å²) in [7, 11) is 2.01. The summed E-state index contributed by atoms with van der Waals surface area (Å²) in [6.07, 6.45) is -0.241. The first-order valence-corrected chi connectivity index (χ1v) is 7.26. The minimum atomic E-state index is -0.241. The lowest BCUT2D eigenvalue weighted by molar-refractivity contribution is 0.0913. The third-order valence-corrected chi connectivity index (χ3v) is 3.56. The molecule has 1 amide bonds. The Morgan fingerprint density at radius 3 is 2.85 bits per heavy atom. The first kappa shape index (κ1) is 15.0. The van der Waals surface area contributed by atoms with Crippen LogP contribution in [-0.2, 0) is 11.3 Å². The number of benzene rings is 1. The van der Waals surface area contributed by atoms with Crippen molar-refractivity contribution in [3.8, 4) is 0 Å². The van der Waals surface area contributed by atoms with E-state index in [0.29, 0.717) is 30.6 Å². The number of fused-ring (bicyclic) bond motifs is 1. The Bertz CT molecular complexity index is 491. The Hall–Kier alpha value is -1.42. The van der Waals surface area contributed by atoms with Gasteiger partial charge in [-0.1, -0.05) is 31.5 Å². The van der Waals surface area contributed by atoms with E-state index in [0.717, 1.165) is 17.8 Å². The number of anilines is 1. The number of carbonyl (C=O) groups excluding carboxylic acids is 1. The van der Waals surface area contributed by atoms with Crippen LogP contribution in [0.4, 0.5) is 10.5 Å². The molecule has 1 heterocycles. The molecule has 0 aliphatic carbocycles. The molecule has 4 nitrogen and oxygen atoms in total. The SMILES string of the molecule is CC(C)COC(=O)N1CCN(C)c2cc(Cl)ccc2C1. The molecule has 0 radical (unpaired) electrons. The van der Waals surface area contributed by atoms with Gasteiger partial charge in [0.2, 0.25) is 0 Å². The lowest BCUT2D eigenvalue weighted by Crippen LogP contribution is -2.35. The van der Waals surface area contributed by atoms with Crippen LogP contribution < -0.4 is 4.90 Å². The topological polar surface area (TPSA) is 32.8 Å². The smallest absolute Gasteiger partial charge is 0.410 e. The number of hydrogen-bond acceptors (Lipinski definition) is 3. The molecule has 0 saturated carbocycles. The van der Waals surface area contributed by atoms with Crippen LogP contribution in [0, 0.1) is 5.92 Å². The van der Waals surface area contributed by atoms with E-state index >= 15 is 0 Å². The van der Waals surface area contributed by atoms with Crippen molar-refractivity contribution in [3.05, 3.63) is 28.8 Å². The maximum atomic E-state index is 12.1. The maximum Gasteiger partial charge on any atom is 0.410 e. The maximum absolute atomic E-state index is 12.1. The summed E-state index contributed by atoms with van der Waals surface area (Å²) in [5.41, 5.74) is 2.17. The summed E-state index contributed by atoms with van der Waals surface area (Å²) >= 11 is 6.05. The van der Waals surface area contributed by atoms with Gasteiger partial charge in [-0.15, -0.1) is 0 Å². The Labute approximate surface area is 125 Å². The Morgan fingerprint density at radius 1 is 1.40 bits per heavy atom. The molecule has 0 fully saturated rings. The van der Waals surface area contributed by atoms with E-state index in [9.17, 15) is 4.79 Å². The third-order valence-electron chi connectivity index (χ3n) is 3.32. The number of rotatable bonds is 2. The van der Waals surface area contributed by atoms with E-state index in [1.54, 1.807) is 4.90 Å². The molecule has 0 unspecified atom stereocenters. The fourth-order valence-corrected chi connectivity index (χ4v) is 2.35. The van der Waals surface area contributed by atoms with Gasteiger partial charge in [-0.2, -0.15) is 0 Å². The van der Waals surface area contributed by atoms with Crippen LogP contribution in [-0.4, -0.2) is 37.7 Å². The van der Waals surface area contributed by atoms with Crippen molar-refractivity contribution in [3.63, 3.8) is 0 Å². The number of hydrogen-bond donors (Lipinski definition) is 0. The monoisotopic (exact) mass is 296 g/mol. The predicted molar refractivity (Wildman–Crippen MR) is 81.3 cm³/mol. The summed E-state index contributed by atoms with van der Waals surface area (Å²) in [5.74, 6) is 0.347. The number of halogens is 1. The van der Waals surface area contributed by atoms with Gasteiger partial charge in [0, 0.05) is 30.8 Å². The highest BCUT2D eigenvalue weighted by atomic mass is 35.5. The largest absolute Gasteiger partial charge is 0.449 e. The van der Waals surface area contributed by atoms with E-state index in [1.165, 1.54) is 0 Å². The predicted octanol–water partition coefficient (Wildman–Crippen LogP) is 3.38. The second-order valence-corrected chi connectivity index (χ2v) is 6.02. The zero-order valence-corrected chi connectivity index (χ0v) is 13.0. The standard InChI is InChI=1S/C15H21ClN2O2/c1-11(2)10-20-15(19)18-7-6-17(3)14-8-13(16)5-4-12(14)9-18/h4-5,8,11H,6-7,9-10H2,1-3H3. The van der Waals surface area contributed by atoms with Crippen LogP contribution in [0.2, 0.25) is 5.02 Å². The highest BCUT2D eigenvalue weighted by Gasteiger charge is 2.22. The number of likely N-dealkylation sites (N-methyl/N-ethyl adjacent to an activating group) is 1. The molecular weight excluding hydrogens is 276 g/mol. The van der Waals surface area contributed by atoms with Crippen LogP contribution in [0.1, 0.15) is 19.4 Å². The molecule has 0 N–H and O–H groups in total. The molecule has 5 heteroatoms. The highest BCUT2D eigenvalue weighted by Crippen LogP contribution is 2.27. The number of carbonyl (C=O) groups is 1. The minimum absolute atomic E-state index is 0.241. The summed E-state index contributed by atoms with van der Waals surface area (Å²) in [5, 5.41) is 0.714. The van der Waals surface area contributed by atoms with Crippen molar-refractivity contribution in [2.75, 3.05) is 31.6 Å². The van der Waals surface area contributed by atoms with Crippen LogP contribution >= 0.6 is 11.6 Å². The molecular formula is C15H21ClN2O2. The van der Waals surface area contributed by atoms with Crippen molar-refractivity contribution in [1.29, 1.82) is 0 Å². The van der Waals surface area contributed by atoms with Gasteiger partial charge < -0.3 is 14.5 Å². The van der Waals surface area contributed by atoms with Crippen molar-refractivity contribution in [2.24, 2.45) is 5.92 Å². The Morgan fingerprint density at radius 2 is 2.15 bits per heavy atom. The van der Waals surface area contributed by atoms with Crippen LogP contribution in [0.3, 0.4) is 0 Å². The van der Waals surface area contributed by atoms with E-state index in [1.807, 2.05) is 39.1 Å². The number of ether oxygens (including phenoxy) is 1.